The molecule has 1 fully saturated rings. The lowest BCUT2D eigenvalue weighted by molar-refractivity contribution is -0.149. The summed E-state index contributed by atoms with van der Waals surface area (Å²) in [6, 6.07) is 12.4. The molecule has 2 aromatic carbocycles. The maximum atomic E-state index is 12.9. The summed E-state index contributed by atoms with van der Waals surface area (Å²) in [6.07, 6.45) is 0. The summed E-state index contributed by atoms with van der Waals surface area (Å²) in [4.78, 5) is 50.2. The van der Waals surface area contributed by atoms with Crippen molar-refractivity contribution >= 4 is 29.1 Å². The molecule has 6 nitrogen and oxygen atoms in total. The molecule has 0 radical (unpaired) electrons. The van der Waals surface area contributed by atoms with Crippen LogP contribution in [0.15, 0.2) is 54.1 Å². The van der Waals surface area contributed by atoms with Gasteiger partial charge in [-0.1, -0.05) is 54.1 Å². The zero-order chi connectivity index (χ0) is 18.6. The van der Waals surface area contributed by atoms with Gasteiger partial charge < -0.3 is 9.84 Å². The quantitative estimate of drug-likeness (QED) is 0.279. The van der Waals surface area contributed by atoms with Gasteiger partial charge in [0, 0.05) is 16.7 Å². The summed E-state index contributed by atoms with van der Waals surface area (Å²) >= 11 is 0. The topological polar surface area (TPSA) is 97.7 Å². The average molecular weight is 348 g/mol. The Morgan fingerprint density at radius 3 is 1.96 bits per heavy atom. The van der Waals surface area contributed by atoms with Crippen LogP contribution < -0.4 is 0 Å². The normalized spacial score (nSPS) is 19.7. The van der Waals surface area contributed by atoms with Crippen molar-refractivity contribution in [1.82, 2.24) is 0 Å². The van der Waals surface area contributed by atoms with Crippen LogP contribution in [0, 0.1) is 6.92 Å². The largest absolute Gasteiger partial charge is 0.507 e. The molecule has 26 heavy (non-hydrogen) atoms. The number of carbonyl (C=O) groups excluding carboxylic acids is 4. The van der Waals surface area contributed by atoms with Gasteiger partial charge in [-0.3, -0.25) is 14.4 Å². The molecule has 1 aliphatic carbocycles. The molecule has 0 bridgehead atoms. The van der Waals surface area contributed by atoms with E-state index in [1.54, 1.807) is 24.3 Å². The lowest BCUT2D eigenvalue weighted by Gasteiger charge is -2.20. The highest BCUT2D eigenvalue weighted by Crippen LogP contribution is 2.44. The molecule has 1 aliphatic heterocycles. The average Bonchev–Trinajstić information content (AvgIpc) is 3.03. The molecule has 4 rings (SSSR count). The number of fused-ring (bicyclic) bond motifs is 1. The fourth-order valence-corrected chi connectivity index (χ4v) is 3.31. The van der Waals surface area contributed by atoms with E-state index in [0.717, 1.165) is 5.56 Å². The standard InChI is InChI=1S/C20H12O6/c1-10-6-8-11(9-7-10)15(21)14-16(22)19(25)26-20(14)17(23)12-4-2-3-5-13(12)18(20)24/h2-9,21H,1H3/b15-14+. The SMILES string of the molecule is Cc1ccc(/C(O)=C2/C(=O)C(=O)OC23C(=O)c2ccccc2C3=O)cc1. The fraction of sp³-hybridized carbons (Fsp3) is 0.100. The van der Waals surface area contributed by atoms with Crippen molar-refractivity contribution in [2.24, 2.45) is 0 Å². The molecule has 128 valence electrons. The molecule has 0 atom stereocenters. The molecular formula is C20H12O6. The van der Waals surface area contributed by atoms with Crippen molar-refractivity contribution in [1.29, 1.82) is 0 Å². The van der Waals surface area contributed by atoms with E-state index in [0.29, 0.717) is 0 Å². The second-order valence-corrected chi connectivity index (χ2v) is 6.19. The molecule has 6 heteroatoms. The van der Waals surface area contributed by atoms with E-state index in [9.17, 15) is 24.3 Å². The van der Waals surface area contributed by atoms with Crippen molar-refractivity contribution in [2.75, 3.05) is 0 Å². The molecule has 1 saturated heterocycles. The number of esters is 1. The summed E-state index contributed by atoms with van der Waals surface area (Å²) in [5.74, 6) is -4.81. The van der Waals surface area contributed by atoms with Crippen molar-refractivity contribution in [3.8, 4) is 0 Å². The number of rotatable bonds is 1. The highest BCUT2D eigenvalue weighted by molar-refractivity contribution is 6.52. The first-order chi connectivity index (χ1) is 12.4. The van der Waals surface area contributed by atoms with Crippen molar-refractivity contribution < 1.29 is 29.0 Å². The fourth-order valence-electron chi connectivity index (χ4n) is 3.31. The summed E-state index contributed by atoms with van der Waals surface area (Å²) in [5, 5.41) is 10.7. The Balaban J connectivity index is 1.99. The number of Topliss-reactive ketones (excluding diaryl/α,β-unsaturated/α-hetero) is 3. The van der Waals surface area contributed by atoms with Gasteiger partial charge >= 0.3 is 5.97 Å². The monoisotopic (exact) mass is 348 g/mol. The Bertz CT molecular complexity index is 1010. The molecule has 2 aliphatic rings. The Morgan fingerprint density at radius 1 is 0.885 bits per heavy atom. The third kappa shape index (κ3) is 1.86. The maximum absolute atomic E-state index is 12.9. The van der Waals surface area contributed by atoms with Crippen LogP contribution in [0.5, 0.6) is 0 Å². The molecule has 1 spiro atoms. The first kappa shape index (κ1) is 16.0. The Morgan fingerprint density at radius 2 is 1.42 bits per heavy atom. The third-order valence-corrected chi connectivity index (χ3v) is 4.63. The van der Waals surface area contributed by atoms with Crippen LogP contribution in [0.3, 0.4) is 0 Å². The predicted molar refractivity (Wildman–Crippen MR) is 89.7 cm³/mol. The lowest BCUT2D eigenvalue weighted by atomic mass is 9.85. The first-order valence-electron chi connectivity index (χ1n) is 7.85. The van der Waals surface area contributed by atoms with Gasteiger partial charge in [0.15, 0.2) is 0 Å². The van der Waals surface area contributed by atoms with Crippen LogP contribution in [0.4, 0.5) is 0 Å². The number of ether oxygens (including phenoxy) is 1. The molecule has 0 aromatic heterocycles. The number of benzene rings is 2. The van der Waals surface area contributed by atoms with Crippen LogP contribution in [-0.2, 0) is 14.3 Å². The lowest BCUT2D eigenvalue weighted by Crippen LogP contribution is -2.43. The Labute approximate surface area is 147 Å². The number of hydrogen-bond donors (Lipinski definition) is 1. The smallest absolute Gasteiger partial charge is 0.381 e. The number of carbonyl (C=O) groups is 4. The summed E-state index contributed by atoms with van der Waals surface area (Å²) in [7, 11) is 0. The van der Waals surface area contributed by atoms with E-state index in [2.05, 4.69) is 0 Å². The van der Waals surface area contributed by atoms with Gasteiger partial charge in [-0.25, -0.2) is 4.79 Å². The van der Waals surface area contributed by atoms with Crippen LogP contribution >= 0.6 is 0 Å². The third-order valence-electron chi connectivity index (χ3n) is 4.63. The van der Waals surface area contributed by atoms with Gasteiger partial charge in [-0.15, -0.1) is 0 Å². The van der Waals surface area contributed by atoms with Gasteiger partial charge in [-0.05, 0) is 6.92 Å². The van der Waals surface area contributed by atoms with E-state index in [1.165, 1.54) is 24.3 Å². The van der Waals surface area contributed by atoms with Gasteiger partial charge in [-0.2, -0.15) is 0 Å². The predicted octanol–water partition coefficient (Wildman–Crippen LogP) is 2.21. The number of hydrogen-bond acceptors (Lipinski definition) is 6. The van der Waals surface area contributed by atoms with Crippen molar-refractivity contribution in [2.45, 2.75) is 12.5 Å². The van der Waals surface area contributed by atoms with Crippen molar-refractivity contribution in [3.05, 3.63) is 76.4 Å². The highest BCUT2D eigenvalue weighted by atomic mass is 16.6. The van der Waals surface area contributed by atoms with Gasteiger partial charge in [0.2, 0.25) is 11.6 Å². The van der Waals surface area contributed by atoms with E-state index in [4.69, 9.17) is 4.74 Å². The minimum absolute atomic E-state index is 0.0502. The molecule has 2 aromatic rings. The molecule has 1 N–H and O–H groups in total. The van der Waals surface area contributed by atoms with Crippen LogP contribution in [0.25, 0.3) is 5.76 Å². The highest BCUT2D eigenvalue weighted by Gasteiger charge is 2.67. The van der Waals surface area contributed by atoms with E-state index < -0.39 is 40.3 Å². The van der Waals surface area contributed by atoms with Crippen LogP contribution in [0.1, 0.15) is 31.8 Å². The number of aliphatic hydroxyl groups excluding tert-OH is 1. The summed E-state index contributed by atoms with van der Waals surface area (Å²) in [5.41, 5.74) is -1.87. The van der Waals surface area contributed by atoms with Crippen molar-refractivity contribution in [3.63, 3.8) is 0 Å². The summed E-state index contributed by atoms with van der Waals surface area (Å²) in [6.45, 7) is 1.84. The molecule has 1 heterocycles. The first-order valence-corrected chi connectivity index (χ1v) is 7.85. The maximum Gasteiger partial charge on any atom is 0.381 e. The van der Waals surface area contributed by atoms with Gasteiger partial charge in [0.1, 0.15) is 11.3 Å². The molecule has 0 unspecified atom stereocenters. The van der Waals surface area contributed by atoms with E-state index in [1.807, 2.05) is 6.92 Å². The van der Waals surface area contributed by atoms with Crippen LogP contribution in [-0.4, -0.2) is 34.0 Å². The van der Waals surface area contributed by atoms with E-state index in [-0.39, 0.29) is 16.7 Å². The zero-order valence-electron chi connectivity index (χ0n) is 13.6. The van der Waals surface area contributed by atoms with Crippen LogP contribution in [0.2, 0.25) is 0 Å². The molecular weight excluding hydrogens is 336 g/mol. The number of ketones is 3. The van der Waals surface area contributed by atoms with Gasteiger partial charge in [0.25, 0.3) is 11.4 Å². The molecule has 0 amide bonds. The number of aryl methyl sites for hydroxylation is 1. The Hall–Kier alpha value is -3.54. The second kappa shape index (κ2) is 5.23. The molecule has 0 saturated carbocycles. The van der Waals surface area contributed by atoms with E-state index >= 15 is 0 Å². The second-order valence-electron chi connectivity index (χ2n) is 6.19. The minimum Gasteiger partial charge on any atom is -0.507 e. The summed E-state index contributed by atoms with van der Waals surface area (Å²) < 4.78 is 5.00. The zero-order valence-corrected chi connectivity index (χ0v) is 13.6. The number of aliphatic hydroxyl groups is 1. The van der Waals surface area contributed by atoms with Gasteiger partial charge in [0.05, 0.1) is 0 Å². The Kier molecular flexibility index (Phi) is 3.21. The minimum atomic E-state index is -2.45.